The van der Waals surface area contributed by atoms with Crippen molar-refractivity contribution in [1.29, 1.82) is 0 Å². The van der Waals surface area contributed by atoms with Crippen molar-refractivity contribution in [3.05, 3.63) is 83.9 Å². The number of ketones is 5. The highest BCUT2D eigenvalue weighted by molar-refractivity contribution is 6.52. The SMILES string of the molecule is CB(O)[C@@H](CC(=O)CNC(C)C)CC(C)C.CB(O)[C@@H](CC(=O)[C@@H](NC(C)C)[C@@H](C)O)CC(C)C.CB(O)[C@@H](CC(=O)[C@H](Cc1ccccc1)NC(C)C)CC(C)C.CC(C)C[C@H](CC(=O)CNC(C)C)B1OC(=O)C(C)C(CC(=O)O)O1.CC(C)O[C@@H]([C@@H]1C=CCCC1)[C@]12NC(=O)[C@H](CCCl)[C@]1(C)OC2=O.COC[C@H](CC(=O)[C@H](COC)NC(C)C)C(=O)N[C@@H](Cc1ccccc1)CC1CC1. The van der Waals surface area contributed by atoms with Gasteiger partial charge in [0.15, 0.2) is 17.2 Å². The molecule has 3 saturated heterocycles. The summed E-state index contributed by atoms with van der Waals surface area (Å²) in [6, 6.07) is 20.3. The van der Waals surface area contributed by atoms with Gasteiger partial charge in [0.05, 0.1) is 86.9 Å². The number of methoxy groups -OCH3 is 2. The number of fused-ring (bicyclic) bond motifs is 1. The lowest BCUT2D eigenvalue weighted by Crippen LogP contribution is -2.80. The fourth-order valence-corrected chi connectivity index (χ4v) is 18.3. The average molecular weight is 1950 g/mol. The number of hydrogen-bond acceptors (Lipinski definition) is 25. The molecule has 12 N–H and O–H groups in total. The Bertz CT molecular complexity index is 3850. The summed E-state index contributed by atoms with van der Waals surface area (Å²) < 4.78 is 33.4. The Morgan fingerprint density at radius 1 is 0.599 bits per heavy atom. The van der Waals surface area contributed by atoms with Gasteiger partial charge in [-0.2, -0.15) is 0 Å². The number of benzene rings is 2. The molecule has 33 heteroatoms. The van der Waals surface area contributed by atoms with Crippen LogP contribution < -0.4 is 37.2 Å². The molecule has 2 aromatic carbocycles. The number of carboxylic acid groups (broad SMARTS) is 1. The lowest BCUT2D eigenvalue weighted by Gasteiger charge is -2.56. The first-order chi connectivity index (χ1) is 64.1. The molecule has 3 aliphatic heterocycles. The summed E-state index contributed by atoms with van der Waals surface area (Å²) >= 11 is 5.88. The minimum absolute atomic E-state index is 0.0183. The molecule has 2 amide bonds. The molecular weight excluding hydrogens is 1760 g/mol. The molecule has 7 rings (SSSR count). The molecule has 0 spiro atoms. The number of carboxylic acids is 1. The van der Waals surface area contributed by atoms with E-state index in [1.807, 2.05) is 126 Å². The van der Waals surface area contributed by atoms with Crippen LogP contribution in [0.1, 0.15) is 280 Å². The highest BCUT2D eigenvalue weighted by atomic mass is 35.5. The number of halogens is 1. The van der Waals surface area contributed by atoms with Gasteiger partial charge in [-0.15, -0.1) is 11.6 Å². The zero-order chi connectivity index (χ0) is 104. The van der Waals surface area contributed by atoms with Gasteiger partial charge in [-0.05, 0) is 144 Å². The second-order valence-corrected chi connectivity index (χ2v) is 43.2. The van der Waals surface area contributed by atoms with Crippen LogP contribution in [0.3, 0.4) is 0 Å². The standard InChI is InChI=1S/C24H38N2O4.C19H32BNO2.C18H26ClNO4.C17H30BNO6.C14H30BNO3.C12H26BNO2/c1-17(2)25-22(16-30-4)23(27)14-20(15-29-3)24(28)26-21(13-19-10-11-19)12-18-8-6-5-7-9-18;1-14(2)11-17(20(5)23)13-19(22)18(21-15(3)4)12-16-9-7-6-8-10-16;1-11(2)23-14(12-7-5-4-6-8-12)18-16(22)24-17(18,3)13(9-10-19)15(21)20-18;1-10(2)6-13(7-14(20)9-19-11(3)4)18-24-15(8-16(21)22)12(5)17(23)25-18;1-9(2)7-12(15(6)19)8-13(18)14(11(5)17)16-10(3)4;1-9(2)6-11(13(5)16)7-12(15)8-14-10(3)4/h5-9,17,19-22,25H,10-16H2,1-4H3,(H,26,28);6-10,14-15,17-18,21,23H,11-13H2,1-5H3;5,7,11-14H,4,6,8-10H2,1-3H3,(H,20,21);10-13,15,19H,6-9H2,1-5H3,(H,21,22);9-12,14,16-17,19H,7-8H2,1-6H3;9-11,14,16H,6-8H2,1-5H3/t20-,21-,22-;17-,18+;12-,13+,14+,17+,18-;12?,13-,15?;11-,12-,14+;11-/m011111/s1. The minimum Gasteiger partial charge on any atom is -0.509 e. The first-order valence-corrected chi connectivity index (χ1v) is 51.6. The lowest BCUT2D eigenvalue weighted by atomic mass is 9.54. The van der Waals surface area contributed by atoms with Crippen LogP contribution in [0.25, 0.3) is 0 Å². The van der Waals surface area contributed by atoms with Crippen LogP contribution in [0, 0.1) is 53.3 Å². The van der Waals surface area contributed by atoms with Crippen LogP contribution in [-0.4, -0.2) is 248 Å². The smallest absolute Gasteiger partial charge is 0.509 e. The van der Waals surface area contributed by atoms with Crippen molar-refractivity contribution in [3.63, 3.8) is 0 Å². The Morgan fingerprint density at radius 2 is 1.07 bits per heavy atom. The fraction of sp³-hybridized carbons (Fsp3) is 0.769. The van der Waals surface area contributed by atoms with Crippen molar-refractivity contribution in [1.82, 2.24) is 37.2 Å². The van der Waals surface area contributed by atoms with Crippen LogP contribution in [-0.2, 0) is 89.0 Å². The summed E-state index contributed by atoms with van der Waals surface area (Å²) in [7, 11) is 2.27. The van der Waals surface area contributed by atoms with Gasteiger partial charge in [-0.3, -0.25) is 43.2 Å². The summed E-state index contributed by atoms with van der Waals surface area (Å²) in [5.74, 6) is -0.677. The summed E-state index contributed by atoms with van der Waals surface area (Å²) in [6.07, 6.45) is 15.4. The zero-order valence-corrected chi connectivity index (χ0v) is 89.6. The number of allylic oxidation sites excluding steroid dienone is 1. The van der Waals surface area contributed by atoms with Crippen LogP contribution in [0.15, 0.2) is 72.8 Å². The number of amides is 2. The van der Waals surface area contributed by atoms with Gasteiger partial charge in [0, 0.05) is 100 Å². The van der Waals surface area contributed by atoms with Crippen LogP contribution in [0.4, 0.5) is 0 Å². The summed E-state index contributed by atoms with van der Waals surface area (Å²) in [6.45, 7) is 50.8. The number of esters is 1. The third-order valence-corrected chi connectivity index (χ3v) is 25.5. The number of ether oxygens (including phenoxy) is 4. The average Bonchev–Trinajstić information content (AvgIpc) is 1.52. The van der Waals surface area contributed by atoms with Crippen LogP contribution in [0.5, 0.6) is 0 Å². The van der Waals surface area contributed by atoms with E-state index in [2.05, 4.69) is 129 Å². The number of aliphatic carboxylic acids is 1. The molecule has 0 radical (unpaired) electrons. The van der Waals surface area contributed by atoms with Gasteiger partial charge in [0.2, 0.25) is 17.4 Å². The predicted molar refractivity (Wildman–Crippen MR) is 552 cm³/mol. The molecule has 0 aromatic heterocycles. The molecule has 778 valence electrons. The summed E-state index contributed by atoms with van der Waals surface area (Å²) in [4.78, 5) is 123. The van der Waals surface area contributed by atoms with Crippen molar-refractivity contribution in [2.24, 2.45) is 53.3 Å². The second kappa shape index (κ2) is 66.0. The number of aliphatic hydroxyl groups excluding tert-OH is 1. The molecule has 2 unspecified atom stereocenters. The quantitative estimate of drug-likeness (QED) is 0.0127. The third kappa shape index (κ3) is 48.7. The largest absolute Gasteiger partial charge is 0.531 e. The van der Waals surface area contributed by atoms with Crippen LogP contribution >= 0.6 is 11.6 Å². The Hall–Kier alpha value is -6.09. The fourth-order valence-electron chi connectivity index (χ4n) is 18.1. The molecule has 0 bridgehead atoms. The zero-order valence-electron chi connectivity index (χ0n) is 88.9. The number of aliphatic hydroxyl groups is 1. The normalized spacial score (nSPS) is 20.8. The third-order valence-electron chi connectivity index (χ3n) is 25.3. The number of carbonyl (C=O) groups is 10. The monoisotopic (exact) mass is 1940 g/mol. The van der Waals surface area contributed by atoms with E-state index in [1.54, 1.807) is 48.5 Å². The number of Topliss-reactive ketones (excluding diaryl/α,β-unsaturated/α-hetero) is 5. The highest BCUT2D eigenvalue weighted by Crippen LogP contribution is 2.55. The van der Waals surface area contributed by atoms with E-state index in [0.29, 0.717) is 80.7 Å². The maximum Gasteiger partial charge on any atom is 0.531 e. The van der Waals surface area contributed by atoms with Gasteiger partial charge >= 0.3 is 19.1 Å². The number of alkyl halides is 1. The van der Waals surface area contributed by atoms with Crippen molar-refractivity contribution in [2.45, 2.75) is 415 Å². The molecule has 3 heterocycles. The number of hydrogen-bond donors (Lipinski definition) is 12. The molecule has 4 fully saturated rings. The predicted octanol–water partition coefficient (Wildman–Crippen LogP) is 14.5. The molecule has 17 atom stereocenters. The van der Waals surface area contributed by atoms with E-state index in [4.69, 9.17) is 45.0 Å². The van der Waals surface area contributed by atoms with E-state index >= 15 is 0 Å². The molecular formula is C104H182B4ClN7O21. The second-order valence-electron chi connectivity index (χ2n) is 42.8. The summed E-state index contributed by atoms with van der Waals surface area (Å²) in [5, 5.41) is 70.2. The highest BCUT2D eigenvalue weighted by Gasteiger charge is 2.80. The first-order valence-electron chi connectivity index (χ1n) is 51.1. The Balaban J connectivity index is 0.000000562. The van der Waals surface area contributed by atoms with Crippen molar-refractivity contribution in [2.75, 3.05) is 46.4 Å². The summed E-state index contributed by atoms with van der Waals surface area (Å²) in [5.41, 5.74) is 0.360. The van der Waals surface area contributed by atoms with Crippen LogP contribution in [0.2, 0.25) is 43.7 Å². The van der Waals surface area contributed by atoms with Gasteiger partial charge in [0.1, 0.15) is 23.5 Å². The maximum atomic E-state index is 13.1. The molecule has 2 aliphatic carbocycles. The van der Waals surface area contributed by atoms with Gasteiger partial charge in [0.25, 0.3) is 26.7 Å². The van der Waals surface area contributed by atoms with Crippen molar-refractivity contribution >= 4 is 98.1 Å². The molecule has 1 saturated carbocycles. The number of carbonyl (C=O) groups excluding carboxylic acids is 9. The van der Waals surface area contributed by atoms with E-state index in [-0.39, 0.29) is 163 Å². The number of nitrogens with one attached hydrogen (secondary N) is 7. The Morgan fingerprint density at radius 3 is 1.50 bits per heavy atom. The molecule has 137 heavy (non-hydrogen) atoms. The van der Waals surface area contributed by atoms with E-state index < -0.39 is 99.1 Å². The Kier molecular flexibility index (Phi) is 61.1. The molecule has 5 aliphatic rings. The van der Waals surface area contributed by atoms with Gasteiger partial charge in [-0.25, -0.2) is 4.79 Å². The Labute approximate surface area is 830 Å². The van der Waals surface area contributed by atoms with E-state index in [1.165, 1.54) is 18.4 Å². The van der Waals surface area contributed by atoms with Gasteiger partial charge < -0.3 is 90.8 Å². The number of rotatable bonds is 58. The van der Waals surface area contributed by atoms with Crippen molar-refractivity contribution in [3.8, 4) is 0 Å². The molecule has 28 nitrogen and oxygen atoms in total. The topological polar surface area (TPSA) is 411 Å². The minimum atomic E-state index is -1.11. The first kappa shape index (κ1) is 127. The molecule has 2 aromatic rings. The van der Waals surface area contributed by atoms with Crippen molar-refractivity contribution < 1.29 is 101 Å². The van der Waals surface area contributed by atoms with E-state index in [9.17, 15) is 68.1 Å². The van der Waals surface area contributed by atoms with Gasteiger partial charge in [-0.1, -0.05) is 250 Å². The lowest BCUT2D eigenvalue weighted by molar-refractivity contribution is -0.246. The van der Waals surface area contributed by atoms with E-state index in [0.717, 1.165) is 56.9 Å². The maximum absolute atomic E-state index is 13.1.